The van der Waals surface area contributed by atoms with Gasteiger partial charge in [0.25, 0.3) is 5.91 Å². The molecule has 202 valence electrons. The van der Waals surface area contributed by atoms with Gasteiger partial charge in [-0.15, -0.1) is 0 Å². The number of hydrogen-bond donors (Lipinski definition) is 2. The standard InChI is InChI=1S/C29H43N7O.H2/c37-28(25-13-6-7-17-30-25)31-18-15-26-24(14-10-22-36(26)23-11-4-3-5-12-23)33-29-32-19-16-27(34-29)35-20-8-1-2-9-21-35;/h6-7,13,16-17,19,23-24,26H,1-5,8-12,14-15,18,20-22H2,(H,31,37)(H,32,33,34);1H/t24-,26+;/m0./s1. The van der Waals surface area contributed by atoms with E-state index in [9.17, 15) is 4.79 Å². The van der Waals surface area contributed by atoms with E-state index in [1.54, 1.807) is 12.3 Å². The molecule has 1 aliphatic carbocycles. The molecule has 4 heterocycles. The SMILES string of the molecule is O=C(NCC[C@@H]1[C@@H](Nc2nccc(N3CCCCCC3)n2)CCCN1C1CCCCC1)c1ccccn1.[HH]. The minimum Gasteiger partial charge on any atom is -0.356 e. The van der Waals surface area contributed by atoms with Gasteiger partial charge < -0.3 is 15.5 Å². The third-order valence-electron chi connectivity index (χ3n) is 8.37. The monoisotopic (exact) mass is 507 g/mol. The lowest BCUT2D eigenvalue weighted by atomic mass is 9.87. The first-order valence-corrected chi connectivity index (χ1v) is 14.6. The Labute approximate surface area is 223 Å². The van der Waals surface area contributed by atoms with Crippen LogP contribution < -0.4 is 15.5 Å². The van der Waals surface area contributed by atoms with Gasteiger partial charge in [0.2, 0.25) is 5.95 Å². The fourth-order valence-electron chi connectivity index (χ4n) is 6.47. The smallest absolute Gasteiger partial charge is 0.269 e. The molecule has 2 saturated heterocycles. The molecule has 0 bridgehead atoms. The summed E-state index contributed by atoms with van der Waals surface area (Å²) in [6, 6.07) is 8.75. The van der Waals surface area contributed by atoms with Crippen LogP contribution in [-0.4, -0.2) is 70.1 Å². The summed E-state index contributed by atoms with van der Waals surface area (Å²) in [7, 11) is 0. The van der Waals surface area contributed by atoms with Crippen LogP contribution >= 0.6 is 0 Å². The van der Waals surface area contributed by atoms with Crippen molar-refractivity contribution in [2.24, 2.45) is 0 Å². The van der Waals surface area contributed by atoms with Crippen LogP contribution in [0.15, 0.2) is 36.7 Å². The number of rotatable bonds is 8. The van der Waals surface area contributed by atoms with Crippen molar-refractivity contribution < 1.29 is 6.22 Å². The van der Waals surface area contributed by atoms with E-state index >= 15 is 0 Å². The predicted molar refractivity (Wildman–Crippen MR) is 150 cm³/mol. The highest BCUT2D eigenvalue weighted by molar-refractivity contribution is 5.92. The van der Waals surface area contributed by atoms with Crippen molar-refractivity contribution >= 4 is 17.7 Å². The van der Waals surface area contributed by atoms with Gasteiger partial charge in [-0.25, -0.2) is 4.98 Å². The third-order valence-corrected chi connectivity index (χ3v) is 8.37. The van der Waals surface area contributed by atoms with E-state index in [4.69, 9.17) is 4.98 Å². The highest BCUT2D eigenvalue weighted by Crippen LogP contribution is 2.31. The quantitative estimate of drug-likeness (QED) is 0.526. The molecule has 2 N–H and O–H groups in total. The Morgan fingerprint density at radius 3 is 2.49 bits per heavy atom. The molecule has 8 nitrogen and oxygen atoms in total. The third kappa shape index (κ3) is 6.98. The average Bonchev–Trinajstić information content (AvgIpc) is 3.25. The molecule has 2 aromatic rings. The Morgan fingerprint density at radius 1 is 0.892 bits per heavy atom. The summed E-state index contributed by atoms with van der Waals surface area (Å²) in [5.74, 6) is 1.68. The number of nitrogens with zero attached hydrogens (tertiary/aromatic N) is 5. The maximum Gasteiger partial charge on any atom is 0.269 e. The number of likely N-dealkylation sites (tertiary alicyclic amines) is 1. The van der Waals surface area contributed by atoms with E-state index in [2.05, 4.69) is 36.5 Å². The van der Waals surface area contributed by atoms with Crippen LogP contribution in [0.1, 0.15) is 89.0 Å². The lowest BCUT2D eigenvalue weighted by molar-refractivity contribution is 0.0591. The molecular weight excluding hydrogens is 462 g/mol. The molecule has 3 fully saturated rings. The number of anilines is 2. The zero-order valence-electron chi connectivity index (χ0n) is 22.2. The van der Waals surface area contributed by atoms with Gasteiger partial charge >= 0.3 is 0 Å². The van der Waals surface area contributed by atoms with Gasteiger partial charge in [0, 0.05) is 51.6 Å². The molecule has 0 spiro atoms. The van der Waals surface area contributed by atoms with E-state index in [-0.39, 0.29) is 13.4 Å². The maximum atomic E-state index is 12.6. The number of carbonyl (C=O) groups excluding carboxylic acids is 1. The molecule has 2 atom stereocenters. The summed E-state index contributed by atoms with van der Waals surface area (Å²) >= 11 is 0. The van der Waals surface area contributed by atoms with Crippen molar-refractivity contribution in [3.63, 3.8) is 0 Å². The Balaban J connectivity index is 0.00000336. The maximum absolute atomic E-state index is 12.6. The average molecular weight is 508 g/mol. The van der Waals surface area contributed by atoms with Crippen molar-refractivity contribution in [3.05, 3.63) is 42.4 Å². The largest absolute Gasteiger partial charge is 0.356 e. The molecule has 37 heavy (non-hydrogen) atoms. The van der Waals surface area contributed by atoms with E-state index in [1.807, 2.05) is 18.3 Å². The summed E-state index contributed by atoms with van der Waals surface area (Å²) in [5.41, 5.74) is 0.476. The molecule has 1 saturated carbocycles. The van der Waals surface area contributed by atoms with Gasteiger partial charge in [-0.1, -0.05) is 38.2 Å². The van der Waals surface area contributed by atoms with Crippen LogP contribution in [-0.2, 0) is 0 Å². The summed E-state index contributed by atoms with van der Waals surface area (Å²) < 4.78 is 0. The second-order valence-electron chi connectivity index (χ2n) is 10.9. The minimum atomic E-state index is -0.0985. The van der Waals surface area contributed by atoms with Crippen LogP contribution in [0, 0.1) is 0 Å². The van der Waals surface area contributed by atoms with Gasteiger partial charge in [-0.2, -0.15) is 4.98 Å². The topological polar surface area (TPSA) is 86.3 Å². The molecule has 1 amide bonds. The van der Waals surface area contributed by atoms with Crippen LogP contribution in [0.5, 0.6) is 0 Å². The van der Waals surface area contributed by atoms with Gasteiger partial charge in [-0.05, 0) is 69.7 Å². The van der Waals surface area contributed by atoms with Crippen molar-refractivity contribution in [2.45, 2.75) is 95.2 Å². The van der Waals surface area contributed by atoms with E-state index in [1.165, 1.54) is 64.2 Å². The van der Waals surface area contributed by atoms with Crippen molar-refractivity contribution in [3.8, 4) is 0 Å². The van der Waals surface area contributed by atoms with E-state index < -0.39 is 0 Å². The van der Waals surface area contributed by atoms with Gasteiger partial charge in [-0.3, -0.25) is 14.7 Å². The first-order valence-electron chi connectivity index (χ1n) is 14.6. The van der Waals surface area contributed by atoms with Crippen LogP contribution in [0.25, 0.3) is 0 Å². The summed E-state index contributed by atoms with van der Waals surface area (Å²) in [6.07, 6.45) is 18.4. The number of hydrogen-bond acceptors (Lipinski definition) is 7. The van der Waals surface area contributed by atoms with Crippen molar-refractivity contribution in [1.82, 2.24) is 25.2 Å². The Hall–Kier alpha value is -2.74. The van der Waals surface area contributed by atoms with E-state index in [0.29, 0.717) is 24.3 Å². The molecule has 3 aliphatic rings. The predicted octanol–water partition coefficient (Wildman–Crippen LogP) is 4.90. The first kappa shape index (κ1) is 25.9. The molecule has 0 radical (unpaired) electrons. The fraction of sp³-hybridized carbons (Fsp3) is 0.655. The number of piperidine rings is 1. The summed E-state index contributed by atoms with van der Waals surface area (Å²) in [4.78, 5) is 31.6. The number of amides is 1. The van der Waals surface area contributed by atoms with Crippen molar-refractivity contribution in [2.75, 3.05) is 36.4 Å². The van der Waals surface area contributed by atoms with Crippen LogP contribution in [0.4, 0.5) is 11.8 Å². The number of carbonyl (C=O) groups is 1. The molecule has 5 rings (SSSR count). The van der Waals surface area contributed by atoms with Gasteiger partial charge in [0.1, 0.15) is 11.5 Å². The Morgan fingerprint density at radius 2 is 1.70 bits per heavy atom. The van der Waals surface area contributed by atoms with Gasteiger partial charge in [0.15, 0.2) is 0 Å². The lowest BCUT2D eigenvalue weighted by Crippen LogP contribution is -2.56. The summed E-state index contributed by atoms with van der Waals surface area (Å²) in [5, 5.41) is 6.87. The van der Waals surface area contributed by atoms with Crippen molar-refractivity contribution in [1.29, 1.82) is 0 Å². The molecule has 2 aliphatic heterocycles. The minimum absolute atomic E-state index is 0. The highest BCUT2D eigenvalue weighted by Gasteiger charge is 2.36. The normalized spacial score (nSPS) is 23.8. The number of aromatic nitrogens is 3. The second-order valence-corrected chi connectivity index (χ2v) is 10.9. The van der Waals surface area contributed by atoms with Crippen LogP contribution in [0.2, 0.25) is 0 Å². The number of nitrogens with one attached hydrogen (secondary N) is 2. The van der Waals surface area contributed by atoms with Gasteiger partial charge in [0.05, 0.1) is 0 Å². The zero-order valence-corrected chi connectivity index (χ0v) is 22.2. The zero-order chi connectivity index (χ0) is 25.3. The highest BCUT2D eigenvalue weighted by atomic mass is 16.1. The first-order chi connectivity index (χ1) is 18.3. The lowest BCUT2D eigenvalue weighted by Gasteiger charge is -2.47. The molecule has 8 heteroatoms. The molecule has 0 unspecified atom stereocenters. The second kappa shape index (κ2) is 13.2. The molecular formula is C29H45N7O. The van der Waals surface area contributed by atoms with Crippen LogP contribution in [0.3, 0.4) is 0 Å². The summed E-state index contributed by atoms with van der Waals surface area (Å²) in [6.45, 7) is 3.92. The number of pyridine rings is 1. The molecule has 0 aromatic carbocycles. The Kier molecular flexibility index (Phi) is 9.22. The fourth-order valence-corrected chi connectivity index (χ4v) is 6.47. The molecule has 2 aromatic heterocycles. The van der Waals surface area contributed by atoms with E-state index in [0.717, 1.165) is 44.2 Å². The Bertz CT molecular complexity index is 980.